The molecule has 9 unspecified atom stereocenters. The van der Waals surface area contributed by atoms with E-state index in [0.29, 0.717) is 52.7 Å². The highest BCUT2D eigenvalue weighted by Gasteiger charge is 2.60. The molecule has 58 heavy (non-hydrogen) atoms. The van der Waals surface area contributed by atoms with Gasteiger partial charge in [0.25, 0.3) is 6.29 Å². The van der Waals surface area contributed by atoms with Crippen LogP contribution in [0.1, 0.15) is 78.9 Å². The van der Waals surface area contributed by atoms with E-state index in [-0.39, 0.29) is 55.9 Å². The SMILES string of the molecule is CC(C)Cc1c2c(cc3c1OC1c4cc5c(cc4OCC31)C(c1cccc(O)c1)CCC1(OO5)C(OCCN)OC(COC(=O)CC(=O)O)C(O)C1O)OC(CO)O2. The number of aromatic hydroxyl groups is 1. The predicted octanol–water partition coefficient (Wildman–Crippen LogP) is 2.70. The Morgan fingerprint density at radius 2 is 1.79 bits per heavy atom. The van der Waals surface area contributed by atoms with Crippen molar-refractivity contribution in [3.8, 4) is 34.5 Å². The lowest BCUT2D eigenvalue weighted by atomic mass is 9.77. The topological polar surface area (TPSA) is 244 Å². The summed E-state index contributed by atoms with van der Waals surface area (Å²) in [5.74, 6) is -0.385. The van der Waals surface area contributed by atoms with Crippen molar-refractivity contribution in [3.05, 3.63) is 70.3 Å². The van der Waals surface area contributed by atoms with Gasteiger partial charge in [0.05, 0.1) is 19.1 Å². The minimum Gasteiger partial charge on any atom is -0.508 e. The molecule has 5 heterocycles. The first-order valence-corrected chi connectivity index (χ1v) is 19.4. The van der Waals surface area contributed by atoms with Gasteiger partial charge in [-0.25, -0.2) is 0 Å². The van der Waals surface area contributed by atoms with Crippen LogP contribution in [0.4, 0.5) is 0 Å². The van der Waals surface area contributed by atoms with Crippen molar-refractivity contribution < 1.29 is 78.1 Å². The molecule has 0 saturated carbocycles. The second-order valence-electron chi connectivity index (χ2n) is 15.6. The van der Waals surface area contributed by atoms with Gasteiger partial charge in [0.2, 0.25) is 0 Å². The molecule has 0 amide bonds. The lowest BCUT2D eigenvalue weighted by Crippen LogP contribution is -2.69. The molecule has 7 N–H and O–H groups in total. The van der Waals surface area contributed by atoms with Crippen LogP contribution < -0.4 is 29.6 Å². The largest absolute Gasteiger partial charge is 0.508 e. The van der Waals surface area contributed by atoms with Crippen LogP contribution in [0.25, 0.3) is 0 Å². The van der Waals surface area contributed by atoms with Gasteiger partial charge in [-0.2, -0.15) is 4.89 Å². The van der Waals surface area contributed by atoms with Crippen LogP contribution in [-0.4, -0.2) is 107 Å². The Hall–Kier alpha value is -4.88. The number of hydrogen-bond acceptors (Lipinski definition) is 16. The number of benzene rings is 3. The van der Waals surface area contributed by atoms with Gasteiger partial charge in [0, 0.05) is 34.7 Å². The van der Waals surface area contributed by atoms with Crippen molar-refractivity contribution in [1.29, 1.82) is 0 Å². The summed E-state index contributed by atoms with van der Waals surface area (Å²) in [6.07, 6.45) is -7.58. The molecule has 0 aliphatic carbocycles. The zero-order chi connectivity index (χ0) is 40.9. The third kappa shape index (κ3) is 7.25. The molecule has 3 aromatic carbocycles. The van der Waals surface area contributed by atoms with Crippen LogP contribution in [0.5, 0.6) is 34.5 Å². The third-order valence-corrected chi connectivity index (χ3v) is 11.2. The lowest BCUT2D eigenvalue weighted by molar-refractivity contribution is -0.422. The highest BCUT2D eigenvalue weighted by Crippen LogP contribution is 2.59. The number of aliphatic hydroxyl groups excluding tert-OH is 3. The van der Waals surface area contributed by atoms with Gasteiger partial charge in [0.1, 0.15) is 61.3 Å². The van der Waals surface area contributed by atoms with Crippen molar-refractivity contribution in [3.63, 3.8) is 0 Å². The second kappa shape index (κ2) is 16.1. The zero-order valence-electron chi connectivity index (χ0n) is 31.9. The van der Waals surface area contributed by atoms with Crippen LogP contribution in [0.3, 0.4) is 0 Å². The lowest BCUT2D eigenvalue weighted by Gasteiger charge is -2.50. The maximum absolute atomic E-state index is 12.0. The fourth-order valence-electron chi connectivity index (χ4n) is 8.55. The molecule has 17 nitrogen and oxygen atoms in total. The highest BCUT2D eigenvalue weighted by atomic mass is 17.2. The fraction of sp³-hybridized carbons (Fsp3) is 0.512. The normalized spacial score (nSPS) is 29.2. The number of phenolic OH excluding ortho intramolecular Hbond substituents is 1. The Morgan fingerprint density at radius 3 is 2.53 bits per heavy atom. The van der Waals surface area contributed by atoms with E-state index in [1.165, 1.54) is 0 Å². The van der Waals surface area contributed by atoms with Crippen molar-refractivity contribution in [2.45, 2.75) is 94.0 Å². The van der Waals surface area contributed by atoms with Gasteiger partial charge in [-0.3, -0.25) is 9.59 Å². The molecule has 17 heteroatoms. The number of aliphatic hydroxyl groups is 3. The number of aliphatic carboxylic acids is 1. The van der Waals surface area contributed by atoms with Crippen LogP contribution in [0, 0.1) is 5.92 Å². The van der Waals surface area contributed by atoms with E-state index in [2.05, 4.69) is 13.8 Å². The Labute approximate surface area is 332 Å². The summed E-state index contributed by atoms with van der Waals surface area (Å²) < 4.78 is 42.3. The first kappa shape index (κ1) is 39.9. The van der Waals surface area contributed by atoms with E-state index >= 15 is 0 Å². The Morgan fingerprint density at radius 1 is 1.00 bits per heavy atom. The quantitative estimate of drug-likeness (QED) is 0.0926. The third-order valence-electron chi connectivity index (χ3n) is 11.2. The number of ether oxygens (including phenoxy) is 7. The van der Waals surface area contributed by atoms with Crippen LogP contribution in [0.15, 0.2) is 42.5 Å². The van der Waals surface area contributed by atoms with E-state index in [1.54, 1.807) is 24.3 Å². The number of fused-ring (bicyclic) bond motifs is 7. The highest BCUT2D eigenvalue weighted by molar-refractivity contribution is 5.90. The molecule has 8 rings (SSSR count). The summed E-state index contributed by atoms with van der Waals surface area (Å²) in [5, 5.41) is 52.6. The second-order valence-corrected chi connectivity index (χ2v) is 15.6. The molecular formula is C41H47NO16. The van der Waals surface area contributed by atoms with Crippen LogP contribution >= 0.6 is 0 Å². The van der Waals surface area contributed by atoms with E-state index < -0.39 is 73.5 Å². The molecular weight excluding hydrogens is 762 g/mol. The number of esters is 1. The molecule has 3 aromatic rings. The van der Waals surface area contributed by atoms with Gasteiger partial charge < -0.3 is 69.3 Å². The summed E-state index contributed by atoms with van der Waals surface area (Å²) in [5.41, 5.74) is 7.65. The van der Waals surface area contributed by atoms with Crippen molar-refractivity contribution >= 4 is 11.9 Å². The monoisotopic (exact) mass is 809 g/mol. The van der Waals surface area contributed by atoms with Crippen LogP contribution in [0.2, 0.25) is 0 Å². The molecule has 312 valence electrons. The van der Waals surface area contributed by atoms with E-state index in [4.69, 9.17) is 53.8 Å². The molecule has 9 atom stereocenters. The minimum atomic E-state index is -1.88. The molecule has 0 aromatic heterocycles. The van der Waals surface area contributed by atoms with Crippen molar-refractivity contribution in [1.82, 2.24) is 0 Å². The smallest absolute Gasteiger partial charge is 0.317 e. The minimum absolute atomic E-state index is 0.0165. The van der Waals surface area contributed by atoms with Crippen LogP contribution in [-0.2, 0) is 35.1 Å². The number of carbonyl (C=O) groups is 2. The standard InChI is InChI=1S/C41H47NO16/c1-19(2)10-26-36-24(13-30-38(26)55-34(16-43)53-30)27-17-51-28-12-23-22(20-4-3-5-21(44)11-20)6-7-41(58-57-29(23)14-25(28)37(27)56-36)39(49)35(48)31(54-40(41)50-9-8-42)18-52-33(47)15-32(45)46/h3-5,11-14,19,22,27,31,34-35,37,39-40,43-44,48-49H,6-10,15-18,42H2,1-2H3,(H,45,46). The van der Waals surface area contributed by atoms with Crippen molar-refractivity contribution in [2.24, 2.45) is 11.7 Å². The summed E-state index contributed by atoms with van der Waals surface area (Å²) >= 11 is 0. The molecule has 5 aliphatic heterocycles. The zero-order valence-corrected chi connectivity index (χ0v) is 31.9. The number of rotatable bonds is 11. The molecule has 1 fully saturated rings. The summed E-state index contributed by atoms with van der Waals surface area (Å²) in [6.45, 7) is 3.58. The Kier molecular flexibility index (Phi) is 11.0. The average molecular weight is 810 g/mol. The predicted molar refractivity (Wildman–Crippen MR) is 198 cm³/mol. The van der Waals surface area contributed by atoms with E-state index in [9.17, 15) is 30.0 Å². The van der Waals surface area contributed by atoms with Crippen molar-refractivity contribution in [2.75, 3.05) is 33.0 Å². The van der Waals surface area contributed by atoms with Gasteiger partial charge in [0.15, 0.2) is 29.1 Å². The van der Waals surface area contributed by atoms with E-state index in [1.807, 2.05) is 18.2 Å². The number of nitrogens with two attached hydrogens (primary N) is 1. The maximum Gasteiger partial charge on any atom is 0.317 e. The number of phenols is 1. The average Bonchev–Trinajstić information content (AvgIpc) is 3.78. The number of carbonyl (C=O) groups excluding carboxylic acids is 1. The number of carboxylic acids is 1. The Balaban J connectivity index is 1.16. The van der Waals surface area contributed by atoms with Gasteiger partial charge in [-0.15, -0.1) is 0 Å². The first-order valence-electron chi connectivity index (χ1n) is 19.4. The number of carboxylic acid groups (broad SMARTS) is 1. The molecule has 1 saturated heterocycles. The summed E-state index contributed by atoms with van der Waals surface area (Å²) in [7, 11) is 0. The van der Waals surface area contributed by atoms with Gasteiger partial charge in [-0.05, 0) is 61.1 Å². The molecule has 0 radical (unpaired) electrons. The molecule has 5 aliphatic rings. The molecule has 1 spiro atoms. The molecule has 0 bridgehead atoms. The Bertz CT molecular complexity index is 2040. The summed E-state index contributed by atoms with van der Waals surface area (Å²) in [6, 6.07) is 12.3. The first-order chi connectivity index (χ1) is 27.9. The van der Waals surface area contributed by atoms with E-state index in [0.717, 1.165) is 11.1 Å². The van der Waals surface area contributed by atoms with Gasteiger partial charge >= 0.3 is 11.9 Å². The number of hydrogen-bond donors (Lipinski definition) is 6. The summed E-state index contributed by atoms with van der Waals surface area (Å²) in [4.78, 5) is 35.5. The maximum atomic E-state index is 12.0. The van der Waals surface area contributed by atoms with Gasteiger partial charge in [-0.1, -0.05) is 26.0 Å². The fourth-order valence-corrected chi connectivity index (χ4v) is 8.55.